The van der Waals surface area contributed by atoms with Crippen molar-refractivity contribution in [3.05, 3.63) is 87.9 Å². The van der Waals surface area contributed by atoms with E-state index in [-0.39, 0.29) is 17.3 Å². The van der Waals surface area contributed by atoms with Crippen LogP contribution in [0.1, 0.15) is 24.1 Å². The molecule has 3 rings (SSSR count). The number of rotatable bonds is 8. The van der Waals surface area contributed by atoms with Gasteiger partial charge in [-0.3, -0.25) is 9.52 Å². The lowest BCUT2D eigenvalue weighted by Gasteiger charge is -2.17. The van der Waals surface area contributed by atoms with Gasteiger partial charge in [0.05, 0.1) is 34.5 Å². The lowest BCUT2D eigenvalue weighted by Crippen LogP contribution is -2.31. The third-order valence-electron chi connectivity index (χ3n) is 5.00. The van der Waals surface area contributed by atoms with Gasteiger partial charge in [0.2, 0.25) is 0 Å². The van der Waals surface area contributed by atoms with Gasteiger partial charge in [0.15, 0.2) is 0 Å². The first-order valence-electron chi connectivity index (χ1n) is 10.4. The number of ether oxygens (including phenoxy) is 1. The predicted molar refractivity (Wildman–Crippen MR) is 136 cm³/mol. The average molecular weight is 536 g/mol. The Morgan fingerprint density at radius 3 is 2.20 bits per heavy atom. The Bertz CT molecular complexity index is 1310. The molecule has 0 aliphatic carbocycles. The molecule has 0 bridgehead atoms. The third kappa shape index (κ3) is 7.11. The van der Waals surface area contributed by atoms with Crippen LogP contribution in [-0.4, -0.2) is 27.5 Å². The molecule has 0 saturated carbocycles. The molecule has 0 aliphatic rings. The number of amides is 2. The summed E-state index contributed by atoms with van der Waals surface area (Å²) in [6, 6.07) is 16.4. The largest absolute Gasteiger partial charge is 0.469 e. The molecule has 35 heavy (non-hydrogen) atoms. The van der Waals surface area contributed by atoms with Crippen LogP contribution in [0.4, 0.5) is 16.2 Å². The van der Waals surface area contributed by atoms with E-state index in [0.717, 1.165) is 0 Å². The van der Waals surface area contributed by atoms with Crippen LogP contribution >= 0.6 is 23.2 Å². The second kappa shape index (κ2) is 11.4. The summed E-state index contributed by atoms with van der Waals surface area (Å²) < 4.78 is 32.5. The van der Waals surface area contributed by atoms with Crippen LogP contribution in [0.3, 0.4) is 0 Å². The first-order valence-corrected chi connectivity index (χ1v) is 12.6. The maximum atomic E-state index is 12.7. The Hall–Kier alpha value is -3.27. The van der Waals surface area contributed by atoms with Crippen LogP contribution in [-0.2, 0) is 26.0 Å². The molecular weight excluding hydrogens is 513 g/mol. The highest BCUT2D eigenvalue weighted by atomic mass is 35.5. The van der Waals surface area contributed by atoms with E-state index < -0.39 is 22.1 Å². The van der Waals surface area contributed by atoms with Gasteiger partial charge in [-0.05, 0) is 60.5 Å². The quantitative estimate of drug-likeness (QED) is 0.334. The SMILES string of the molecule is COC(=O)Cc1ccc(NS(=O)(=O)c2ccc(NC(=O)N[C@@H](C)c3cccc(Cl)c3Cl)cc2)cc1. The highest BCUT2D eigenvalue weighted by Gasteiger charge is 2.16. The standard InChI is InChI=1S/C24H23Cl2N3O5S/c1-15(20-4-3-5-21(25)23(20)26)27-24(31)28-17-10-12-19(13-11-17)35(32,33)29-18-8-6-16(7-9-18)14-22(30)34-2/h3-13,15,29H,14H2,1-2H3,(H2,27,28,31)/t15-/m0/s1. The van der Waals surface area contributed by atoms with E-state index >= 15 is 0 Å². The summed E-state index contributed by atoms with van der Waals surface area (Å²) in [5.74, 6) is -0.386. The fraction of sp³-hybridized carbons (Fsp3) is 0.167. The van der Waals surface area contributed by atoms with Crippen molar-refractivity contribution in [3.63, 3.8) is 0 Å². The molecule has 3 aromatic rings. The molecule has 1 atom stereocenters. The van der Waals surface area contributed by atoms with Gasteiger partial charge in [0.1, 0.15) is 0 Å². The lowest BCUT2D eigenvalue weighted by molar-refractivity contribution is -0.139. The normalized spacial score (nSPS) is 11.9. The van der Waals surface area contributed by atoms with Crippen LogP contribution < -0.4 is 15.4 Å². The summed E-state index contributed by atoms with van der Waals surface area (Å²) in [6.07, 6.45) is 0.0937. The minimum atomic E-state index is -3.86. The van der Waals surface area contributed by atoms with Gasteiger partial charge < -0.3 is 15.4 Å². The number of urea groups is 1. The van der Waals surface area contributed by atoms with Gasteiger partial charge >= 0.3 is 12.0 Å². The zero-order valence-corrected chi connectivity index (χ0v) is 21.2. The van der Waals surface area contributed by atoms with Crippen molar-refractivity contribution in [1.29, 1.82) is 0 Å². The van der Waals surface area contributed by atoms with Crippen molar-refractivity contribution in [3.8, 4) is 0 Å². The molecule has 0 fully saturated rings. The van der Waals surface area contributed by atoms with Crippen molar-refractivity contribution >= 4 is 56.6 Å². The monoisotopic (exact) mass is 535 g/mol. The highest BCUT2D eigenvalue weighted by molar-refractivity contribution is 7.92. The summed E-state index contributed by atoms with van der Waals surface area (Å²) in [7, 11) is -2.56. The molecule has 8 nitrogen and oxygen atoms in total. The Labute approximate surface area is 213 Å². The molecule has 0 aliphatic heterocycles. The average Bonchev–Trinajstić information content (AvgIpc) is 2.82. The van der Waals surface area contributed by atoms with Crippen molar-refractivity contribution in [1.82, 2.24) is 5.32 Å². The maximum Gasteiger partial charge on any atom is 0.319 e. The number of halogens is 2. The highest BCUT2D eigenvalue weighted by Crippen LogP contribution is 2.29. The zero-order chi connectivity index (χ0) is 25.6. The van der Waals surface area contributed by atoms with Crippen molar-refractivity contribution in [2.75, 3.05) is 17.1 Å². The van der Waals surface area contributed by atoms with Gasteiger partial charge in [-0.15, -0.1) is 0 Å². The van der Waals surface area contributed by atoms with Crippen molar-refractivity contribution < 1.29 is 22.7 Å². The molecule has 2 amide bonds. The Morgan fingerprint density at radius 2 is 1.57 bits per heavy atom. The molecule has 11 heteroatoms. The summed E-state index contributed by atoms with van der Waals surface area (Å²) in [5.41, 5.74) is 2.10. The molecule has 0 spiro atoms. The van der Waals surface area contributed by atoms with E-state index in [1.54, 1.807) is 49.4 Å². The minimum absolute atomic E-state index is 0.0150. The van der Waals surface area contributed by atoms with Crippen molar-refractivity contribution in [2.45, 2.75) is 24.3 Å². The second-order valence-corrected chi connectivity index (χ2v) is 10.0. The molecule has 3 N–H and O–H groups in total. The molecule has 3 aromatic carbocycles. The first-order chi connectivity index (χ1) is 16.6. The predicted octanol–water partition coefficient (Wildman–Crippen LogP) is 5.39. The second-order valence-electron chi connectivity index (χ2n) is 7.54. The Morgan fingerprint density at radius 1 is 0.943 bits per heavy atom. The number of methoxy groups -OCH3 is 1. The van der Waals surface area contributed by atoms with Crippen molar-refractivity contribution in [2.24, 2.45) is 0 Å². The summed E-state index contributed by atoms with van der Waals surface area (Å²) in [4.78, 5) is 23.7. The fourth-order valence-electron chi connectivity index (χ4n) is 3.16. The maximum absolute atomic E-state index is 12.7. The molecule has 0 heterocycles. The number of hydrogen-bond acceptors (Lipinski definition) is 5. The number of carbonyl (C=O) groups is 2. The van der Waals surface area contributed by atoms with Crippen LogP contribution in [0.25, 0.3) is 0 Å². The van der Waals surface area contributed by atoms with Gasteiger partial charge in [0.25, 0.3) is 10.0 Å². The number of nitrogens with one attached hydrogen (secondary N) is 3. The minimum Gasteiger partial charge on any atom is -0.469 e. The third-order valence-corrected chi connectivity index (χ3v) is 7.23. The zero-order valence-electron chi connectivity index (χ0n) is 18.8. The molecule has 0 radical (unpaired) electrons. The number of carbonyl (C=O) groups excluding carboxylic acids is 2. The summed E-state index contributed by atoms with van der Waals surface area (Å²) >= 11 is 12.2. The van der Waals surface area contributed by atoms with Gasteiger partial charge in [0, 0.05) is 11.4 Å². The molecular formula is C24H23Cl2N3O5S. The van der Waals surface area contributed by atoms with E-state index in [1.807, 2.05) is 0 Å². The Balaban J connectivity index is 1.60. The summed E-state index contributed by atoms with van der Waals surface area (Å²) in [5, 5.41) is 6.16. The number of anilines is 2. The van der Waals surface area contributed by atoms with Gasteiger partial charge in [-0.1, -0.05) is 47.5 Å². The molecule has 0 saturated heterocycles. The smallest absolute Gasteiger partial charge is 0.319 e. The lowest BCUT2D eigenvalue weighted by atomic mass is 10.1. The van der Waals surface area contributed by atoms with Crippen LogP contribution in [0.5, 0.6) is 0 Å². The van der Waals surface area contributed by atoms with E-state index in [4.69, 9.17) is 23.2 Å². The number of hydrogen-bond donors (Lipinski definition) is 3. The van der Waals surface area contributed by atoms with Gasteiger partial charge in [-0.25, -0.2) is 13.2 Å². The van der Waals surface area contributed by atoms with Crippen LogP contribution in [0, 0.1) is 0 Å². The van der Waals surface area contributed by atoms with Gasteiger partial charge in [-0.2, -0.15) is 0 Å². The van der Waals surface area contributed by atoms with E-state index in [0.29, 0.717) is 32.5 Å². The number of esters is 1. The topological polar surface area (TPSA) is 114 Å². The summed E-state index contributed by atoms with van der Waals surface area (Å²) in [6.45, 7) is 1.76. The van der Waals surface area contributed by atoms with E-state index in [2.05, 4.69) is 20.1 Å². The molecule has 184 valence electrons. The van der Waals surface area contributed by atoms with Crippen LogP contribution in [0.15, 0.2) is 71.6 Å². The van der Waals surface area contributed by atoms with E-state index in [1.165, 1.54) is 31.4 Å². The van der Waals surface area contributed by atoms with Crippen LogP contribution in [0.2, 0.25) is 10.0 Å². The number of benzene rings is 3. The molecule has 0 unspecified atom stereocenters. The number of sulfonamides is 1. The first kappa shape index (κ1) is 26.3. The molecule has 0 aromatic heterocycles. The fourth-order valence-corrected chi connectivity index (χ4v) is 4.69. The Kier molecular flexibility index (Phi) is 8.61. The van der Waals surface area contributed by atoms with E-state index in [9.17, 15) is 18.0 Å².